The van der Waals surface area contributed by atoms with E-state index in [1.807, 2.05) is 0 Å². The molecule has 0 aliphatic carbocycles. The number of hydrogen-bond donors (Lipinski definition) is 4. The largest absolute Gasteiger partial charge is 0.399 e. The van der Waals surface area contributed by atoms with Gasteiger partial charge < -0.3 is 22.9 Å². The third kappa shape index (κ3) is 1.45. The number of hydrogen-bond acceptors (Lipinski definition) is 6. The molecular formula is C9H12N6. The lowest BCUT2D eigenvalue weighted by atomic mass is 9.95. The van der Waals surface area contributed by atoms with Crippen LogP contribution in [0.4, 0.5) is 11.4 Å². The summed E-state index contributed by atoms with van der Waals surface area (Å²) in [6.45, 7) is 0. The van der Waals surface area contributed by atoms with E-state index in [1.54, 1.807) is 18.2 Å². The number of nitrogens with two attached hydrogens (primary N) is 4. The van der Waals surface area contributed by atoms with Crippen molar-refractivity contribution in [3.63, 3.8) is 0 Å². The number of benzene rings is 1. The van der Waals surface area contributed by atoms with Gasteiger partial charge in [-0.15, -0.1) is 10.2 Å². The predicted molar refractivity (Wildman–Crippen MR) is 61.3 cm³/mol. The fraction of sp³-hybridized carbons (Fsp3) is 0.111. The molecule has 0 radical (unpaired) electrons. The van der Waals surface area contributed by atoms with Crippen LogP contribution in [0, 0.1) is 0 Å². The van der Waals surface area contributed by atoms with Crippen LogP contribution in [-0.2, 0) is 0 Å². The van der Waals surface area contributed by atoms with Crippen molar-refractivity contribution in [2.24, 2.45) is 21.7 Å². The molecule has 1 heterocycles. The Labute approximate surface area is 86.6 Å². The molecule has 8 N–H and O–H groups in total. The van der Waals surface area contributed by atoms with E-state index < -0.39 is 0 Å². The molecule has 0 atom stereocenters. The number of rotatable bonds is 1. The first-order valence-electron chi connectivity index (χ1n) is 4.41. The van der Waals surface area contributed by atoms with E-state index in [0.29, 0.717) is 23.0 Å². The highest BCUT2D eigenvalue weighted by atomic mass is 15.3. The minimum absolute atomic E-state index is 0.328. The van der Waals surface area contributed by atoms with Crippen LogP contribution in [-0.4, -0.2) is 11.7 Å². The Morgan fingerprint density at radius 2 is 1.53 bits per heavy atom. The summed E-state index contributed by atoms with van der Waals surface area (Å²) in [5.74, 6) is 0.374. The Morgan fingerprint density at radius 3 is 2.07 bits per heavy atom. The fourth-order valence-corrected chi connectivity index (χ4v) is 1.56. The van der Waals surface area contributed by atoms with Gasteiger partial charge in [-0.1, -0.05) is 6.07 Å². The molecule has 0 bridgehead atoms. The molecule has 1 aliphatic heterocycles. The number of amidine groups is 2. The number of nitrogens with zero attached hydrogens (tertiary/aromatic N) is 2. The van der Waals surface area contributed by atoms with Crippen LogP contribution in [0.2, 0.25) is 0 Å². The molecule has 15 heavy (non-hydrogen) atoms. The summed E-state index contributed by atoms with van der Waals surface area (Å²) in [6, 6.07) is 5.18. The molecule has 0 fully saturated rings. The maximum atomic E-state index is 5.82. The maximum absolute atomic E-state index is 5.82. The molecule has 0 amide bonds. The predicted octanol–water partition coefficient (Wildman–Crippen LogP) is -0.422. The average molecular weight is 204 g/mol. The quantitative estimate of drug-likeness (QED) is 0.463. The first kappa shape index (κ1) is 9.32. The smallest absolute Gasteiger partial charge is 0.137 e. The van der Waals surface area contributed by atoms with Gasteiger partial charge in [-0.25, -0.2) is 0 Å². The highest BCUT2D eigenvalue weighted by Gasteiger charge is 2.26. The average Bonchev–Trinajstić information content (AvgIpc) is 2.48. The van der Waals surface area contributed by atoms with E-state index in [0.717, 1.165) is 5.56 Å². The van der Waals surface area contributed by atoms with Crippen LogP contribution >= 0.6 is 0 Å². The lowest BCUT2D eigenvalue weighted by Crippen LogP contribution is -2.30. The van der Waals surface area contributed by atoms with Crippen molar-refractivity contribution in [3.05, 3.63) is 23.8 Å². The van der Waals surface area contributed by atoms with Gasteiger partial charge in [0.1, 0.15) is 17.6 Å². The zero-order valence-corrected chi connectivity index (χ0v) is 8.01. The Bertz CT molecular complexity index is 444. The summed E-state index contributed by atoms with van der Waals surface area (Å²) in [5.41, 5.74) is 24.7. The van der Waals surface area contributed by atoms with Crippen LogP contribution in [0.15, 0.2) is 28.4 Å². The number of nitrogen functional groups attached to an aromatic ring is 2. The van der Waals surface area contributed by atoms with Crippen molar-refractivity contribution in [2.45, 2.75) is 5.92 Å². The summed E-state index contributed by atoms with van der Waals surface area (Å²) in [4.78, 5) is 0. The van der Waals surface area contributed by atoms with E-state index in [2.05, 4.69) is 10.2 Å². The SMILES string of the molecule is NC1=NN=C(N)C1c1ccc(N)cc1N. The third-order valence-electron chi connectivity index (χ3n) is 2.29. The van der Waals surface area contributed by atoms with Gasteiger partial charge >= 0.3 is 0 Å². The Morgan fingerprint density at radius 1 is 0.933 bits per heavy atom. The molecule has 1 aromatic rings. The molecule has 78 valence electrons. The molecule has 0 saturated heterocycles. The van der Waals surface area contributed by atoms with Crippen LogP contribution in [0.1, 0.15) is 11.5 Å². The van der Waals surface area contributed by atoms with Gasteiger partial charge in [0.05, 0.1) is 0 Å². The number of anilines is 2. The Hall–Kier alpha value is -2.24. The first-order chi connectivity index (χ1) is 7.09. The molecule has 6 heteroatoms. The second kappa shape index (κ2) is 3.16. The monoisotopic (exact) mass is 204 g/mol. The molecule has 1 aromatic carbocycles. The van der Waals surface area contributed by atoms with Gasteiger partial charge in [0.25, 0.3) is 0 Å². The van der Waals surface area contributed by atoms with E-state index in [4.69, 9.17) is 22.9 Å². The molecule has 0 unspecified atom stereocenters. The highest BCUT2D eigenvalue weighted by Crippen LogP contribution is 2.27. The molecule has 0 aromatic heterocycles. The van der Waals surface area contributed by atoms with Gasteiger partial charge in [0.15, 0.2) is 0 Å². The summed E-state index contributed by atoms with van der Waals surface area (Å²) in [6.07, 6.45) is 0. The zero-order chi connectivity index (χ0) is 11.0. The topological polar surface area (TPSA) is 129 Å². The maximum Gasteiger partial charge on any atom is 0.137 e. The summed E-state index contributed by atoms with van der Waals surface area (Å²) >= 11 is 0. The van der Waals surface area contributed by atoms with E-state index in [-0.39, 0.29) is 5.92 Å². The van der Waals surface area contributed by atoms with Crippen LogP contribution in [0.3, 0.4) is 0 Å². The lowest BCUT2D eigenvalue weighted by Gasteiger charge is -2.13. The van der Waals surface area contributed by atoms with E-state index in [9.17, 15) is 0 Å². The zero-order valence-electron chi connectivity index (χ0n) is 8.01. The first-order valence-corrected chi connectivity index (χ1v) is 4.41. The van der Waals surface area contributed by atoms with Crippen LogP contribution < -0.4 is 22.9 Å². The van der Waals surface area contributed by atoms with Gasteiger partial charge in [0.2, 0.25) is 0 Å². The van der Waals surface area contributed by atoms with Crippen molar-refractivity contribution in [1.29, 1.82) is 0 Å². The van der Waals surface area contributed by atoms with Gasteiger partial charge in [-0.3, -0.25) is 0 Å². The van der Waals surface area contributed by atoms with Gasteiger partial charge in [0, 0.05) is 11.4 Å². The van der Waals surface area contributed by atoms with Gasteiger partial charge in [-0.2, -0.15) is 0 Å². The minimum atomic E-state index is -0.328. The van der Waals surface area contributed by atoms with Crippen molar-refractivity contribution >= 4 is 23.0 Å². The van der Waals surface area contributed by atoms with Crippen molar-refractivity contribution in [3.8, 4) is 0 Å². The Balaban J connectivity index is 2.46. The summed E-state index contributed by atoms with van der Waals surface area (Å²) in [7, 11) is 0. The molecule has 1 aliphatic rings. The van der Waals surface area contributed by atoms with Crippen molar-refractivity contribution < 1.29 is 0 Å². The molecular weight excluding hydrogens is 192 g/mol. The third-order valence-corrected chi connectivity index (χ3v) is 2.29. The van der Waals surface area contributed by atoms with E-state index >= 15 is 0 Å². The molecule has 0 spiro atoms. The van der Waals surface area contributed by atoms with Crippen molar-refractivity contribution in [1.82, 2.24) is 0 Å². The lowest BCUT2D eigenvalue weighted by molar-refractivity contribution is 1.19. The van der Waals surface area contributed by atoms with Crippen molar-refractivity contribution in [2.75, 3.05) is 11.5 Å². The summed E-state index contributed by atoms with van der Waals surface area (Å²) in [5, 5.41) is 7.42. The standard InChI is InChI=1S/C9H12N6/c10-4-1-2-5(6(11)3-4)7-8(12)14-15-9(7)13/h1-3,7H,10-11H2,(H2,12,14)(H2,13,15). The second-order valence-electron chi connectivity index (χ2n) is 3.37. The fourth-order valence-electron chi connectivity index (χ4n) is 1.56. The highest BCUT2D eigenvalue weighted by molar-refractivity contribution is 6.12. The normalized spacial score (nSPS) is 16.3. The van der Waals surface area contributed by atoms with Crippen LogP contribution in [0.5, 0.6) is 0 Å². The molecule has 0 saturated carbocycles. The van der Waals surface area contributed by atoms with E-state index in [1.165, 1.54) is 0 Å². The van der Waals surface area contributed by atoms with Crippen LogP contribution in [0.25, 0.3) is 0 Å². The second-order valence-corrected chi connectivity index (χ2v) is 3.37. The van der Waals surface area contributed by atoms with Gasteiger partial charge in [-0.05, 0) is 17.7 Å². The molecule has 6 nitrogen and oxygen atoms in total. The minimum Gasteiger partial charge on any atom is -0.399 e. The Kier molecular flexibility index (Phi) is 1.96. The molecule has 2 rings (SSSR count). The summed E-state index contributed by atoms with van der Waals surface area (Å²) < 4.78 is 0.